The first-order chi connectivity index (χ1) is 11.2. The first-order valence-corrected chi connectivity index (χ1v) is 8.09. The van der Waals surface area contributed by atoms with E-state index in [4.69, 9.17) is 0 Å². The Bertz CT molecular complexity index is 663. The zero-order valence-corrected chi connectivity index (χ0v) is 14.0. The summed E-state index contributed by atoms with van der Waals surface area (Å²) in [6.45, 7) is 3.50. The molecule has 2 unspecified atom stereocenters. The number of aromatic nitrogens is 3. The van der Waals surface area contributed by atoms with Crippen LogP contribution in [0.1, 0.15) is 30.7 Å². The average Bonchev–Trinajstić information content (AvgIpc) is 3.22. The van der Waals surface area contributed by atoms with Gasteiger partial charge in [0, 0.05) is 32.6 Å². The molecular weight excluding hydrogens is 288 g/mol. The molecule has 1 aliphatic rings. The van der Waals surface area contributed by atoms with Crippen molar-refractivity contribution in [1.82, 2.24) is 25.0 Å². The Hall–Kier alpha value is -2.37. The van der Waals surface area contributed by atoms with Crippen molar-refractivity contribution in [3.8, 4) is 0 Å². The van der Waals surface area contributed by atoms with Crippen molar-refractivity contribution in [3.63, 3.8) is 0 Å². The van der Waals surface area contributed by atoms with Gasteiger partial charge in [-0.25, -0.2) is 4.98 Å². The average molecular weight is 312 g/mol. The van der Waals surface area contributed by atoms with Crippen molar-refractivity contribution in [2.24, 2.45) is 12.0 Å². The highest BCUT2D eigenvalue weighted by molar-refractivity contribution is 5.80. The van der Waals surface area contributed by atoms with Gasteiger partial charge in [-0.3, -0.25) is 9.67 Å². The normalized spacial score (nSPS) is 20.4. The van der Waals surface area contributed by atoms with Crippen LogP contribution in [0.5, 0.6) is 0 Å². The molecule has 0 radical (unpaired) electrons. The maximum absolute atomic E-state index is 4.62. The second-order valence-electron chi connectivity index (χ2n) is 5.96. The fourth-order valence-electron chi connectivity index (χ4n) is 2.77. The molecule has 23 heavy (non-hydrogen) atoms. The first-order valence-electron chi connectivity index (χ1n) is 8.09. The maximum atomic E-state index is 4.62. The SMILES string of the molecule is CCN=C(NC1CC1c1ccccc1)N(C)Cc1ncnn1C. The Morgan fingerprint density at radius 2 is 2.17 bits per heavy atom. The van der Waals surface area contributed by atoms with Crippen molar-refractivity contribution < 1.29 is 0 Å². The Balaban J connectivity index is 1.62. The van der Waals surface area contributed by atoms with E-state index >= 15 is 0 Å². The van der Waals surface area contributed by atoms with E-state index in [0.717, 1.165) is 24.7 Å². The maximum Gasteiger partial charge on any atom is 0.194 e. The predicted octanol–water partition coefficient (Wildman–Crippen LogP) is 1.77. The number of benzene rings is 1. The highest BCUT2D eigenvalue weighted by atomic mass is 15.4. The predicted molar refractivity (Wildman–Crippen MR) is 91.2 cm³/mol. The third kappa shape index (κ3) is 3.70. The summed E-state index contributed by atoms with van der Waals surface area (Å²) in [6, 6.07) is 11.1. The van der Waals surface area contributed by atoms with Gasteiger partial charge >= 0.3 is 0 Å². The van der Waals surface area contributed by atoms with Crippen LogP contribution in [0, 0.1) is 0 Å². The van der Waals surface area contributed by atoms with E-state index in [1.165, 1.54) is 5.56 Å². The molecule has 1 N–H and O–H groups in total. The van der Waals surface area contributed by atoms with Gasteiger partial charge in [0.15, 0.2) is 5.96 Å². The fourth-order valence-corrected chi connectivity index (χ4v) is 2.77. The number of aliphatic imine (C=N–C) groups is 1. The molecule has 2 aromatic rings. The summed E-state index contributed by atoms with van der Waals surface area (Å²) in [6.07, 6.45) is 2.74. The summed E-state index contributed by atoms with van der Waals surface area (Å²) in [7, 11) is 3.95. The fraction of sp³-hybridized carbons (Fsp3) is 0.471. The van der Waals surface area contributed by atoms with Gasteiger partial charge in [-0.15, -0.1) is 0 Å². The minimum absolute atomic E-state index is 0.463. The third-order valence-corrected chi connectivity index (χ3v) is 4.19. The largest absolute Gasteiger partial charge is 0.353 e. The van der Waals surface area contributed by atoms with E-state index < -0.39 is 0 Å². The highest BCUT2D eigenvalue weighted by Gasteiger charge is 2.39. The van der Waals surface area contributed by atoms with E-state index in [1.54, 1.807) is 11.0 Å². The van der Waals surface area contributed by atoms with E-state index in [0.29, 0.717) is 18.5 Å². The lowest BCUT2D eigenvalue weighted by Crippen LogP contribution is -2.40. The number of hydrogen-bond acceptors (Lipinski definition) is 3. The number of aryl methyl sites for hydroxylation is 1. The lowest BCUT2D eigenvalue weighted by atomic mass is 10.1. The molecule has 0 amide bonds. The number of rotatable bonds is 5. The lowest BCUT2D eigenvalue weighted by molar-refractivity contribution is 0.446. The molecule has 0 aliphatic heterocycles. The Morgan fingerprint density at radius 3 is 2.83 bits per heavy atom. The smallest absolute Gasteiger partial charge is 0.194 e. The summed E-state index contributed by atoms with van der Waals surface area (Å²) in [5.74, 6) is 2.44. The molecule has 1 saturated carbocycles. The van der Waals surface area contributed by atoms with Crippen LogP contribution in [-0.2, 0) is 13.6 Å². The molecule has 0 saturated heterocycles. The lowest BCUT2D eigenvalue weighted by Gasteiger charge is -2.22. The van der Waals surface area contributed by atoms with E-state index in [2.05, 4.69) is 62.5 Å². The molecule has 1 fully saturated rings. The first kappa shape index (κ1) is 15.5. The molecule has 1 aromatic carbocycles. The quantitative estimate of drug-likeness (QED) is 0.675. The van der Waals surface area contributed by atoms with Crippen LogP contribution in [-0.4, -0.2) is 45.3 Å². The van der Waals surface area contributed by atoms with Gasteiger partial charge in [0.05, 0.1) is 6.54 Å². The van der Waals surface area contributed by atoms with Crippen LogP contribution in [0.2, 0.25) is 0 Å². The van der Waals surface area contributed by atoms with Crippen molar-refractivity contribution in [2.45, 2.75) is 31.8 Å². The standard InChI is InChI=1S/C17H24N6/c1-4-18-17(22(2)11-16-19-12-20-23(16)3)21-15-10-14(15)13-8-6-5-7-9-13/h5-9,12,14-15H,4,10-11H2,1-3H3,(H,18,21). The number of guanidine groups is 1. The summed E-state index contributed by atoms with van der Waals surface area (Å²) < 4.78 is 1.80. The van der Waals surface area contributed by atoms with Crippen LogP contribution in [0.25, 0.3) is 0 Å². The van der Waals surface area contributed by atoms with Crippen molar-refractivity contribution >= 4 is 5.96 Å². The minimum Gasteiger partial charge on any atom is -0.353 e. The van der Waals surface area contributed by atoms with Gasteiger partial charge in [0.2, 0.25) is 0 Å². The Kier molecular flexibility index (Phi) is 4.60. The molecule has 2 atom stereocenters. The molecule has 1 heterocycles. The summed E-state index contributed by atoms with van der Waals surface area (Å²) >= 11 is 0. The molecule has 3 rings (SSSR count). The zero-order valence-electron chi connectivity index (χ0n) is 14.0. The second kappa shape index (κ2) is 6.81. The molecule has 1 aliphatic carbocycles. The molecular formula is C17H24N6. The Labute approximate surface area is 137 Å². The zero-order chi connectivity index (χ0) is 16.2. The van der Waals surface area contributed by atoms with E-state index in [-0.39, 0.29) is 0 Å². The van der Waals surface area contributed by atoms with Crippen LogP contribution in [0.3, 0.4) is 0 Å². The molecule has 1 aromatic heterocycles. The van der Waals surface area contributed by atoms with E-state index in [9.17, 15) is 0 Å². The van der Waals surface area contributed by atoms with Crippen molar-refractivity contribution in [3.05, 3.63) is 48.0 Å². The van der Waals surface area contributed by atoms with Crippen LogP contribution >= 0.6 is 0 Å². The van der Waals surface area contributed by atoms with Crippen molar-refractivity contribution in [2.75, 3.05) is 13.6 Å². The molecule has 6 nitrogen and oxygen atoms in total. The van der Waals surface area contributed by atoms with Gasteiger partial charge in [-0.05, 0) is 18.9 Å². The number of nitrogens with zero attached hydrogens (tertiary/aromatic N) is 5. The van der Waals surface area contributed by atoms with Gasteiger partial charge in [-0.1, -0.05) is 30.3 Å². The molecule has 6 heteroatoms. The topological polar surface area (TPSA) is 58.3 Å². The summed E-state index contributed by atoms with van der Waals surface area (Å²) in [5, 5.41) is 7.71. The third-order valence-electron chi connectivity index (χ3n) is 4.19. The van der Waals surface area contributed by atoms with Crippen LogP contribution in [0.4, 0.5) is 0 Å². The van der Waals surface area contributed by atoms with Gasteiger partial charge in [0.25, 0.3) is 0 Å². The van der Waals surface area contributed by atoms with Gasteiger partial charge < -0.3 is 10.2 Å². The van der Waals surface area contributed by atoms with Crippen LogP contribution in [0.15, 0.2) is 41.7 Å². The minimum atomic E-state index is 0.463. The molecule has 0 spiro atoms. The number of nitrogens with one attached hydrogen (secondary N) is 1. The monoisotopic (exact) mass is 312 g/mol. The van der Waals surface area contributed by atoms with Crippen LogP contribution < -0.4 is 5.32 Å². The highest BCUT2D eigenvalue weighted by Crippen LogP contribution is 2.40. The molecule has 0 bridgehead atoms. The van der Waals surface area contributed by atoms with Gasteiger partial charge in [0.1, 0.15) is 12.2 Å². The second-order valence-corrected chi connectivity index (χ2v) is 5.96. The van der Waals surface area contributed by atoms with E-state index in [1.807, 2.05) is 14.1 Å². The Morgan fingerprint density at radius 1 is 1.39 bits per heavy atom. The number of hydrogen-bond donors (Lipinski definition) is 1. The summed E-state index contributed by atoms with van der Waals surface area (Å²) in [5.41, 5.74) is 1.40. The molecule has 122 valence electrons. The summed E-state index contributed by atoms with van der Waals surface area (Å²) in [4.78, 5) is 11.0. The van der Waals surface area contributed by atoms with Crippen molar-refractivity contribution in [1.29, 1.82) is 0 Å². The van der Waals surface area contributed by atoms with Gasteiger partial charge in [-0.2, -0.15) is 5.10 Å².